The first-order valence-electron chi connectivity index (χ1n) is 6.77. The van der Waals surface area contributed by atoms with Crippen LogP contribution < -0.4 is 10.1 Å². The van der Waals surface area contributed by atoms with E-state index in [0.29, 0.717) is 11.4 Å². The van der Waals surface area contributed by atoms with Crippen molar-refractivity contribution in [1.29, 1.82) is 0 Å². The molecule has 0 aliphatic rings. The number of carboxylic acid groups (broad SMARTS) is 1. The molecule has 7 nitrogen and oxygen atoms in total. The predicted molar refractivity (Wildman–Crippen MR) is 83.4 cm³/mol. The maximum Gasteiger partial charge on any atom is 0.407 e. The number of benzene rings is 1. The summed E-state index contributed by atoms with van der Waals surface area (Å²) < 4.78 is 14.2. The lowest BCUT2D eigenvalue weighted by atomic mass is 10.1. The fraction of sp³-hybridized carbons (Fsp3) is 0.267. The van der Waals surface area contributed by atoms with Crippen molar-refractivity contribution in [3.8, 4) is 5.88 Å². The Labute approximate surface area is 137 Å². The first-order valence-corrected chi connectivity index (χ1v) is 7.61. The molecule has 1 aromatic heterocycles. The molecular weight excluding hydrogens is 320 g/mol. The number of nitrogens with one attached hydrogen (secondary N) is 1. The predicted octanol–water partition coefficient (Wildman–Crippen LogP) is 2.59. The van der Waals surface area contributed by atoms with E-state index in [1.807, 2.05) is 30.3 Å². The van der Waals surface area contributed by atoms with Crippen molar-refractivity contribution >= 4 is 23.6 Å². The lowest BCUT2D eigenvalue weighted by Crippen LogP contribution is -2.30. The molecule has 0 aliphatic carbocycles. The standard InChI is InChI=1S/C15H16N2O5S/c1-21-14-11(9-23-17-14)12(7-13(18)19)16-15(20)22-8-10-5-3-2-4-6-10/h2-6,9,12H,7-8H2,1H3,(H,16,20)(H,18,19). The molecule has 0 saturated heterocycles. The average Bonchev–Trinajstić information content (AvgIpc) is 3.01. The number of methoxy groups -OCH3 is 1. The van der Waals surface area contributed by atoms with Crippen LogP contribution in [0.25, 0.3) is 0 Å². The molecule has 2 rings (SSSR count). The van der Waals surface area contributed by atoms with Gasteiger partial charge in [0.1, 0.15) is 6.61 Å². The highest BCUT2D eigenvalue weighted by Gasteiger charge is 2.23. The van der Waals surface area contributed by atoms with E-state index in [2.05, 4.69) is 9.69 Å². The van der Waals surface area contributed by atoms with Crippen molar-refractivity contribution < 1.29 is 24.2 Å². The second-order valence-electron chi connectivity index (χ2n) is 4.64. The van der Waals surface area contributed by atoms with E-state index in [0.717, 1.165) is 17.1 Å². The second-order valence-corrected chi connectivity index (χ2v) is 5.26. The van der Waals surface area contributed by atoms with Crippen LogP contribution in [0, 0.1) is 0 Å². The molecule has 2 N–H and O–H groups in total. The van der Waals surface area contributed by atoms with Crippen LogP contribution in [0.2, 0.25) is 0 Å². The highest BCUT2D eigenvalue weighted by Crippen LogP contribution is 2.28. The monoisotopic (exact) mass is 336 g/mol. The Bertz CT molecular complexity index is 659. The molecule has 0 saturated carbocycles. The van der Waals surface area contributed by atoms with Crippen LogP contribution in [-0.4, -0.2) is 28.7 Å². The number of hydrogen-bond donors (Lipinski definition) is 2. The van der Waals surface area contributed by atoms with Crippen molar-refractivity contribution in [2.45, 2.75) is 19.1 Å². The Balaban J connectivity index is 2.00. The summed E-state index contributed by atoms with van der Waals surface area (Å²) >= 11 is 1.12. The molecule has 0 aliphatic heterocycles. The molecule has 1 atom stereocenters. The fourth-order valence-corrected chi connectivity index (χ4v) is 2.65. The van der Waals surface area contributed by atoms with Gasteiger partial charge in [0.25, 0.3) is 0 Å². The van der Waals surface area contributed by atoms with Gasteiger partial charge < -0.3 is 19.9 Å². The number of rotatable bonds is 7. The van der Waals surface area contributed by atoms with Gasteiger partial charge in [0.15, 0.2) is 0 Å². The summed E-state index contributed by atoms with van der Waals surface area (Å²) in [5.74, 6) is -0.753. The van der Waals surface area contributed by atoms with E-state index in [1.54, 1.807) is 5.38 Å². The molecule has 1 heterocycles. The first kappa shape index (κ1) is 16.8. The van der Waals surface area contributed by atoms with Crippen LogP contribution in [-0.2, 0) is 16.1 Å². The quantitative estimate of drug-likeness (QED) is 0.806. The Morgan fingerprint density at radius 1 is 1.35 bits per heavy atom. The van der Waals surface area contributed by atoms with Gasteiger partial charge in [-0.05, 0) is 17.1 Å². The van der Waals surface area contributed by atoms with Crippen molar-refractivity contribution in [1.82, 2.24) is 9.69 Å². The van der Waals surface area contributed by atoms with Crippen molar-refractivity contribution in [2.75, 3.05) is 7.11 Å². The van der Waals surface area contributed by atoms with Crippen molar-refractivity contribution in [2.24, 2.45) is 0 Å². The topological polar surface area (TPSA) is 97.8 Å². The van der Waals surface area contributed by atoms with Crippen LogP contribution in [0.3, 0.4) is 0 Å². The lowest BCUT2D eigenvalue weighted by molar-refractivity contribution is -0.137. The van der Waals surface area contributed by atoms with E-state index in [4.69, 9.17) is 14.6 Å². The molecular formula is C15H16N2O5S. The van der Waals surface area contributed by atoms with E-state index < -0.39 is 18.1 Å². The molecule has 1 aromatic carbocycles. The highest BCUT2D eigenvalue weighted by atomic mass is 32.1. The van der Waals surface area contributed by atoms with Crippen LogP contribution in [0.4, 0.5) is 4.79 Å². The van der Waals surface area contributed by atoms with Crippen LogP contribution >= 0.6 is 11.5 Å². The SMILES string of the molecule is COc1nscc1C(CC(=O)O)NC(=O)OCc1ccccc1. The van der Waals surface area contributed by atoms with E-state index in [9.17, 15) is 9.59 Å². The molecule has 122 valence electrons. The van der Waals surface area contributed by atoms with Gasteiger partial charge in [-0.3, -0.25) is 4.79 Å². The van der Waals surface area contributed by atoms with Gasteiger partial charge in [0, 0.05) is 10.9 Å². The number of carbonyl (C=O) groups excluding carboxylic acids is 1. The minimum Gasteiger partial charge on any atom is -0.481 e. The number of amides is 1. The maximum absolute atomic E-state index is 11.9. The smallest absolute Gasteiger partial charge is 0.407 e. The molecule has 0 fully saturated rings. The summed E-state index contributed by atoms with van der Waals surface area (Å²) in [4.78, 5) is 22.9. The molecule has 1 amide bonds. The molecule has 0 bridgehead atoms. The van der Waals surface area contributed by atoms with Gasteiger partial charge in [-0.2, -0.15) is 4.37 Å². The zero-order valence-electron chi connectivity index (χ0n) is 12.4. The summed E-state index contributed by atoms with van der Waals surface area (Å²) in [6.07, 6.45) is -0.997. The number of aliphatic carboxylic acids is 1. The van der Waals surface area contributed by atoms with E-state index >= 15 is 0 Å². The number of ether oxygens (including phenoxy) is 2. The second kappa shape index (κ2) is 8.14. The zero-order chi connectivity index (χ0) is 16.7. The molecule has 2 aromatic rings. The summed E-state index contributed by atoms with van der Waals surface area (Å²) in [5, 5.41) is 13.2. The Morgan fingerprint density at radius 3 is 2.74 bits per heavy atom. The summed E-state index contributed by atoms with van der Waals surface area (Å²) in [6, 6.07) is 8.42. The number of carboxylic acids is 1. The molecule has 23 heavy (non-hydrogen) atoms. The lowest BCUT2D eigenvalue weighted by Gasteiger charge is -2.16. The van der Waals surface area contributed by atoms with Gasteiger partial charge in [-0.1, -0.05) is 30.3 Å². The molecule has 0 radical (unpaired) electrons. The van der Waals surface area contributed by atoms with Crippen LogP contribution in [0.5, 0.6) is 5.88 Å². The summed E-state index contributed by atoms with van der Waals surface area (Å²) in [6.45, 7) is 0.103. The largest absolute Gasteiger partial charge is 0.481 e. The number of carbonyl (C=O) groups is 2. The molecule has 0 spiro atoms. The Kier molecular flexibility index (Phi) is 5.93. The first-order chi connectivity index (χ1) is 11.1. The van der Waals surface area contributed by atoms with Crippen LogP contribution in [0.15, 0.2) is 35.7 Å². The molecule has 1 unspecified atom stereocenters. The third kappa shape index (κ3) is 4.96. The third-order valence-corrected chi connectivity index (χ3v) is 3.65. The highest BCUT2D eigenvalue weighted by molar-refractivity contribution is 7.03. The van der Waals surface area contributed by atoms with Gasteiger partial charge in [-0.25, -0.2) is 4.79 Å². The minimum absolute atomic E-state index is 0.103. The van der Waals surface area contributed by atoms with Crippen LogP contribution in [0.1, 0.15) is 23.6 Å². The van der Waals surface area contributed by atoms with Gasteiger partial charge in [-0.15, -0.1) is 0 Å². The zero-order valence-corrected chi connectivity index (χ0v) is 13.2. The van der Waals surface area contributed by atoms with Crippen molar-refractivity contribution in [3.63, 3.8) is 0 Å². The normalized spacial score (nSPS) is 11.5. The number of alkyl carbamates (subject to hydrolysis) is 1. The summed E-state index contributed by atoms with van der Waals surface area (Å²) in [5.41, 5.74) is 1.35. The fourth-order valence-electron chi connectivity index (χ4n) is 1.94. The molecule has 8 heteroatoms. The van der Waals surface area contributed by atoms with Crippen molar-refractivity contribution in [3.05, 3.63) is 46.8 Å². The Morgan fingerprint density at radius 2 is 2.09 bits per heavy atom. The number of aromatic nitrogens is 1. The van der Waals surface area contributed by atoms with E-state index in [1.165, 1.54) is 7.11 Å². The van der Waals surface area contributed by atoms with E-state index in [-0.39, 0.29) is 13.0 Å². The Hall–Kier alpha value is -2.61. The average molecular weight is 336 g/mol. The number of hydrogen-bond acceptors (Lipinski definition) is 6. The summed E-state index contributed by atoms with van der Waals surface area (Å²) in [7, 11) is 1.43. The third-order valence-electron chi connectivity index (χ3n) is 3.01. The van der Waals surface area contributed by atoms with Gasteiger partial charge >= 0.3 is 12.1 Å². The maximum atomic E-state index is 11.9. The van der Waals surface area contributed by atoms with Gasteiger partial charge in [0.05, 0.1) is 19.6 Å². The number of nitrogens with zero attached hydrogens (tertiary/aromatic N) is 1. The minimum atomic E-state index is -1.05. The van der Waals surface area contributed by atoms with Gasteiger partial charge in [0.2, 0.25) is 5.88 Å².